The Labute approximate surface area is 253 Å². The molecule has 3 aromatic rings. The standard InChI is InChI=1S/C35H43N3O2.C2H6/c1-6-14-28(8-3)32-36-33(29-17-10-9-11-18-29)38-34(37-32)30-22-20-27(21-23-30)24-25-40-35(39)31(15-7-2)19-13-12-16-26(4)5;1-2/h6,8-11,14,17-18,20-23,26,31H,1,3,7,12-13,15-16,19,24-25H2,2,4-5H3;1-2H3/b28-14+;. The van der Waals surface area contributed by atoms with Crippen molar-refractivity contribution in [3.8, 4) is 22.8 Å². The highest BCUT2D eigenvalue weighted by atomic mass is 16.5. The van der Waals surface area contributed by atoms with Crippen LogP contribution in [-0.4, -0.2) is 27.5 Å². The predicted molar refractivity (Wildman–Crippen MR) is 177 cm³/mol. The molecule has 1 unspecified atom stereocenters. The number of ether oxygens (including phenoxy) is 1. The van der Waals surface area contributed by atoms with Gasteiger partial charge in [-0.25, -0.2) is 15.0 Å². The Morgan fingerprint density at radius 3 is 2.05 bits per heavy atom. The van der Waals surface area contributed by atoms with Crippen molar-refractivity contribution in [2.75, 3.05) is 6.61 Å². The lowest BCUT2D eigenvalue weighted by Gasteiger charge is -2.15. The maximum atomic E-state index is 12.7. The average molecular weight is 568 g/mol. The van der Waals surface area contributed by atoms with E-state index in [-0.39, 0.29) is 11.9 Å². The SMILES string of the molecule is C=C/C=C(\C=C)c1nc(-c2ccccc2)nc(-c2ccc(CCOC(=O)C(CCC)CCCCC(C)C)cc2)n1.CC. The van der Waals surface area contributed by atoms with Gasteiger partial charge in [0.15, 0.2) is 17.5 Å². The molecule has 2 aromatic carbocycles. The highest BCUT2D eigenvalue weighted by Crippen LogP contribution is 2.24. The van der Waals surface area contributed by atoms with Crippen molar-refractivity contribution in [2.45, 2.75) is 79.6 Å². The van der Waals surface area contributed by atoms with E-state index in [2.05, 4.69) is 33.9 Å². The second kappa shape index (κ2) is 19.3. The third kappa shape index (κ3) is 11.2. The lowest BCUT2D eigenvalue weighted by molar-refractivity contribution is -0.149. The van der Waals surface area contributed by atoms with E-state index in [9.17, 15) is 4.79 Å². The van der Waals surface area contributed by atoms with Gasteiger partial charge >= 0.3 is 5.97 Å². The van der Waals surface area contributed by atoms with Gasteiger partial charge in [0.2, 0.25) is 0 Å². The van der Waals surface area contributed by atoms with Crippen molar-refractivity contribution >= 4 is 11.5 Å². The summed E-state index contributed by atoms with van der Waals surface area (Å²) in [6, 6.07) is 17.9. The molecule has 0 radical (unpaired) electrons. The fourth-order valence-corrected chi connectivity index (χ4v) is 4.59. The van der Waals surface area contributed by atoms with E-state index in [4.69, 9.17) is 19.7 Å². The van der Waals surface area contributed by atoms with Crippen LogP contribution in [0.5, 0.6) is 0 Å². The molecule has 1 atom stereocenters. The Kier molecular flexibility index (Phi) is 15.8. The summed E-state index contributed by atoms with van der Waals surface area (Å²) in [5.74, 6) is 2.38. The number of benzene rings is 2. The monoisotopic (exact) mass is 567 g/mol. The van der Waals surface area contributed by atoms with Crippen molar-refractivity contribution in [2.24, 2.45) is 11.8 Å². The van der Waals surface area contributed by atoms with Crippen LogP contribution in [0.15, 0.2) is 86.0 Å². The fourth-order valence-electron chi connectivity index (χ4n) is 4.59. The number of nitrogens with zero attached hydrogens (tertiary/aromatic N) is 3. The first-order valence-corrected chi connectivity index (χ1v) is 15.5. The molecule has 0 saturated heterocycles. The number of aromatic nitrogens is 3. The Hall–Kier alpha value is -3.86. The lowest BCUT2D eigenvalue weighted by atomic mass is 9.95. The van der Waals surface area contributed by atoms with Crippen molar-refractivity contribution in [3.05, 3.63) is 97.4 Å². The van der Waals surface area contributed by atoms with Gasteiger partial charge in [0, 0.05) is 23.1 Å². The predicted octanol–water partition coefficient (Wildman–Crippen LogP) is 9.71. The van der Waals surface area contributed by atoms with Crippen molar-refractivity contribution in [3.63, 3.8) is 0 Å². The number of carbonyl (C=O) groups is 1. The molecule has 0 amide bonds. The zero-order valence-corrected chi connectivity index (χ0v) is 26.3. The van der Waals surface area contributed by atoms with Crippen LogP contribution in [0.25, 0.3) is 28.3 Å². The van der Waals surface area contributed by atoms with Gasteiger partial charge in [0.25, 0.3) is 0 Å². The summed E-state index contributed by atoms with van der Waals surface area (Å²) >= 11 is 0. The molecule has 0 aliphatic heterocycles. The quantitative estimate of drug-likeness (QED) is 0.0979. The smallest absolute Gasteiger partial charge is 0.308 e. The van der Waals surface area contributed by atoms with Gasteiger partial charge in [-0.3, -0.25) is 4.79 Å². The molecule has 3 rings (SSSR count). The zero-order valence-electron chi connectivity index (χ0n) is 26.3. The van der Waals surface area contributed by atoms with Gasteiger partial charge in [-0.1, -0.05) is 146 Å². The zero-order chi connectivity index (χ0) is 30.7. The Morgan fingerprint density at radius 1 is 0.857 bits per heavy atom. The lowest BCUT2D eigenvalue weighted by Crippen LogP contribution is -2.19. The summed E-state index contributed by atoms with van der Waals surface area (Å²) in [5.41, 5.74) is 3.66. The minimum Gasteiger partial charge on any atom is -0.465 e. The van der Waals surface area contributed by atoms with Crippen LogP contribution in [0.4, 0.5) is 0 Å². The second-order valence-corrected chi connectivity index (χ2v) is 10.5. The average Bonchev–Trinajstić information content (AvgIpc) is 3.02. The van der Waals surface area contributed by atoms with Crippen LogP contribution in [0, 0.1) is 11.8 Å². The van der Waals surface area contributed by atoms with Crippen molar-refractivity contribution in [1.29, 1.82) is 0 Å². The first-order valence-electron chi connectivity index (χ1n) is 15.5. The van der Waals surface area contributed by atoms with Gasteiger partial charge < -0.3 is 4.74 Å². The Balaban J connectivity index is 0.00000301. The van der Waals surface area contributed by atoms with Gasteiger partial charge in [-0.05, 0) is 24.3 Å². The molecular weight excluding hydrogens is 518 g/mol. The number of allylic oxidation sites excluding steroid dienone is 4. The van der Waals surface area contributed by atoms with E-state index in [0.29, 0.717) is 36.4 Å². The third-order valence-electron chi connectivity index (χ3n) is 6.84. The number of rotatable bonds is 16. The van der Waals surface area contributed by atoms with Gasteiger partial charge in [-0.2, -0.15) is 0 Å². The number of hydrogen-bond donors (Lipinski definition) is 0. The molecule has 224 valence electrons. The van der Waals surface area contributed by atoms with E-state index < -0.39 is 0 Å². The van der Waals surface area contributed by atoms with Crippen LogP contribution in [-0.2, 0) is 16.0 Å². The molecule has 0 aliphatic rings. The summed E-state index contributed by atoms with van der Waals surface area (Å²) in [4.78, 5) is 26.9. The van der Waals surface area contributed by atoms with Crippen molar-refractivity contribution in [1.82, 2.24) is 15.0 Å². The van der Waals surface area contributed by atoms with Crippen LogP contribution < -0.4 is 0 Å². The fraction of sp³-hybridized carbons (Fsp3) is 0.405. The third-order valence-corrected chi connectivity index (χ3v) is 6.84. The minimum absolute atomic E-state index is 0.00646. The summed E-state index contributed by atoms with van der Waals surface area (Å²) < 4.78 is 5.70. The molecule has 5 nitrogen and oxygen atoms in total. The summed E-state index contributed by atoms with van der Waals surface area (Å²) in [7, 11) is 0. The number of unbranched alkanes of at least 4 members (excludes halogenated alkanes) is 1. The molecule has 0 bridgehead atoms. The highest BCUT2D eigenvalue weighted by molar-refractivity contribution is 5.73. The molecule has 0 fully saturated rings. The summed E-state index contributed by atoms with van der Waals surface area (Å²) in [6.07, 6.45) is 12.2. The van der Waals surface area contributed by atoms with Crippen LogP contribution >= 0.6 is 0 Å². The number of hydrogen-bond acceptors (Lipinski definition) is 5. The minimum atomic E-state index is -0.0558. The summed E-state index contributed by atoms with van der Waals surface area (Å²) in [5, 5.41) is 0. The largest absolute Gasteiger partial charge is 0.465 e. The molecule has 42 heavy (non-hydrogen) atoms. The first-order chi connectivity index (χ1) is 20.4. The van der Waals surface area contributed by atoms with Crippen LogP contribution in [0.1, 0.15) is 84.5 Å². The van der Waals surface area contributed by atoms with Crippen LogP contribution in [0.2, 0.25) is 0 Å². The molecule has 0 saturated carbocycles. The molecule has 1 heterocycles. The molecule has 5 heteroatoms. The number of esters is 1. The maximum absolute atomic E-state index is 12.7. The Bertz CT molecular complexity index is 1260. The topological polar surface area (TPSA) is 65.0 Å². The van der Waals surface area contributed by atoms with Crippen LogP contribution in [0.3, 0.4) is 0 Å². The second-order valence-electron chi connectivity index (χ2n) is 10.5. The van der Waals surface area contributed by atoms with Crippen molar-refractivity contribution < 1.29 is 9.53 Å². The van der Waals surface area contributed by atoms with E-state index in [1.54, 1.807) is 12.2 Å². The van der Waals surface area contributed by atoms with E-state index in [1.807, 2.05) is 74.5 Å². The van der Waals surface area contributed by atoms with E-state index in [1.165, 1.54) is 12.8 Å². The Morgan fingerprint density at radius 2 is 1.48 bits per heavy atom. The molecule has 1 aromatic heterocycles. The molecule has 0 aliphatic carbocycles. The highest BCUT2D eigenvalue weighted by Gasteiger charge is 2.19. The molecule has 0 spiro atoms. The maximum Gasteiger partial charge on any atom is 0.308 e. The van der Waals surface area contributed by atoms with E-state index >= 15 is 0 Å². The first kappa shape index (κ1) is 34.3. The van der Waals surface area contributed by atoms with E-state index in [0.717, 1.165) is 47.9 Å². The van der Waals surface area contributed by atoms with Gasteiger partial charge in [-0.15, -0.1) is 0 Å². The van der Waals surface area contributed by atoms with Gasteiger partial charge in [0.1, 0.15) is 0 Å². The molecule has 0 N–H and O–H groups in total. The van der Waals surface area contributed by atoms with Gasteiger partial charge in [0.05, 0.1) is 12.5 Å². The molecular formula is C37H49N3O2. The number of carbonyl (C=O) groups excluding carboxylic acids is 1. The summed E-state index contributed by atoms with van der Waals surface area (Å²) in [6.45, 7) is 18.7. The normalized spacial score (nSPS) is 11.8.